The molecule has 0 saturated heterocycles. The fourth-order valence-electron chi connectivity index (χ4n) is 2.43. The first-order chi connectivity index (χ1) is 9.19. The molecular formula is C16H15BrN2. The molecule has 96 valence electrons. The standard InChI is InChI=1S/C16H15BrN2/c1-3-11-6-4-5-7-13(11)16-18-14-9-12(17)8-10(2)15(14)19-16/h4-9H,3H2,1-2H3,(H,18,19). The second-order valence-corrected chi connectivity index (χ2v) is 5.63. The smallest absolute Gasteiger partial charge is 0.138 e. The molecule has 0 bridgehead atoms. The Morgan fingerprint density at radius 1 is 1.21 bits per heavy atom. The van der Waals surface area contributed by atoms with Gasteiger partial charge in [-0.25, -0.2) is 4.98 Å². The van der Waals surface area contributed by atoms with Crippen LogP contribution < -0.4 is 0 Å². The van der Waals surface area contributed by atoms with Crippen LogP contribution in [-0.2, 0) is 6.42 Å². The van der Waals surface area contributed by atoms with Crippen LogP contribution >= 0.6 is 15.9 Å². The molecule has 3 heteroatoms. The van der Waals surface area contributed by atoms with Crippen molar-refractivity contribution >= 4 is 27.0 Å². The summed E-state index contributed by atoms with van der Waals surface area (Å²) in [4.78, 5) is 8.18. The van der Waals surface area contributed by atoms with Crippen LogP contribution in [0.25, 0.3) is 22.4 Å². The van der Waals surface area contributed by atoms with E-state index in [9.17, 15) is 0 Å². The van der Waals surface area contributed by atoms with Crippen molar-refractivity contribution in [2.45, 2.75) is 20.3 Å². The highest BCUT2D eigenvalue weighted by Gasteiger charge is 2.10. The van der Waals surface area contributed by atoms with Crippen molar-refractivity contribution in [3.63, 3.8) is 0 Å². The average molecular weight is 315 g/mol. The van der Waals surface area contributed by atoms with E-state index in [1.165, 1.54) is 16.7 Å². The molecule has 19 heavy (non-hydrogen) atoms. The monoisotopic (exact) mass is 314 g/mol. The van der Waals surface area contributed by atoms with Crippen molar-refractivity contribution in [2.24, 2.45) is 0 Å². The second-order valence-electron chi connectivity index (χ2n) is 4.71. The Morgan fingerprint density at radius 2 is 2.00 bits per heavy atom. The zero-order chi connectivity index (χ0) is 13.4. The molecule has 0 radical (unpaired) electrons. The summed E-state index contributed by atoms with van der Waals surface area (Å²) >= 11 is 3.53. The number of aryl methyl sites for hydroxylation is 2. The van der Waals surface area contributed by atoms with Crippen molar-refractivity contribution < 1.29 is 0 Å². The Kier molecular flexibility index (Phi) is 3.15. The van der Waals surface area contributed by atoms with E-state index >= 15 is 0 Å². The van der Waals surface area contributed by atoms with Gasteiger partial charge in [-0.05, 0) is 36.6 Å². The fraction of sp³-hybridized carbons (Fsp3) is 0.188. The van der Waals surface area contributed by atoms with E-state index in [1.54, 1.807) is 0 Å². The van der Waals surface area contributed by atoms with Gasteiger partial charge in [-0.2, -0.15) is 0 Å². The quantitative estimate of drug-likeness (QED) is 0.718. The van der Waals surface area contributed by atoms with Crippen LogP contribution in [0.3, 0.4) is 0 Å². The first-order valence-electron chi connectivity index (χ1n) is 6.43. The van der Waals surface area contributed by atoms with Crippen LogP contribution in [0, 0.1) is 6.92 Å². The average Bonchev–Trinajstić information content (AvgIpc) is 2.82. The number of rotatable bonds is 2. The number of nitrogens with zero attached hydrogens (tertiary/aromatic N) is 1. The predicted octanol–water partition coefficient (Wildman–Crippen LogP) is 4.86. The number of fused-ring (bicyclic) bond motifs is 1. The summed E-state index contributed by atoms with van der Waals surface area (Å²) < 4.78 is 1.08. The Hall–Kier alpha value is -1.61. The third kappa shape index (κ3) is 2.19. The van der Waals surface area contributed by atoms with Gasteiger partial charge in [0.1, 0.15) is 5.82 Å². The van der Waals surface area contributed by atoms with Gasteiger partial charge in [0.25, 0.3) is 0 Å². The first-order valence-corrected chi connectivity index (χ1v) is 7.22. The highest BCUT2D eigenvalue weighted by Crippen LogP contribution is 2.27. The lowest BCUT2D eigenvalue weighted by Crippen LogP contribution is -1.88. The summed E-state index contributed by atoms with van der Waals surface area (Å²) in [6, 6.07) is 12.6. The fourth-order valence-corrected chi connectivity index (χ4v) is 3.01. The van der Waals surface area contributed by atoms with Gasteiger partial charge in [-0.15, -0.1) is 0 Å². The van der Waals surface area contributed by atoms with Crippen molar-refractivity contribution in [1.29, 1.82) is 0 Å². The molecule has 1 heterocycles. The molecule has 0 aliphatic rings. The van der Waals surface area contributed by atoms with Gasteiger partial charge in [-0.3, -0.25) is 0 Å². The maximum absolute atomic E-state index is 4.76. The molecule has 0 saturated carbocycles. The number of halogens is 1. The van der Waals surface area contributed by atoms with E-state index in [1.807, 2.05) is 0 Å². The lowest BCUT2D eigenvalue weighted by atomic mass is 10.1. The second kappa shape index (κ2) is 4.82. The summed E-state index contributed by atoms with van der Waals surface area (Å²) in [5.41, 5.74) is 5.81. The minimum absolute atomic E-state index is 0.952. The van der Waals surface area contributed by atoms with Crippen LogP contribution in [0.5, 0.6) is 0 Å². The van der Waals surface area contributed by atoms with Crippen LogP contribution in [0.4, 0.5) is 0 Å². The molecule has 0 atom stereocenters. The van der Waals surface area contributed by atoms with Crippen LogP contribution in [0.15, 0.2) is 40.9 Å². The molecule has 0 spiro atoms. The van der Waals surface area contributed by atoms with Crippen LogP contribution in [-0.4, -0.2) is 9.97 Å². The van der Waals surface area contributed by atoms with E-state index in [4.69, 9.17) is 4.98 Å². The van der Waals surface area contributed by atoms with E-state index < -0.39 is 0 Å². The van der Waals surface area contributed by atoms with Crippen molar-refractivity contribution in [2.75, 3.05) is 0 Å². The summed E-state index contributed by atoms with van der Waals surface area (Å²) in [5.74, 6) is 0.952. The Bertz CT molecular complexity index is 744. The van der Waals surface area contributed by atoms with Crippen molar-refractivity contribution in [1.82, 2.24) is 9.97 Å². The van der Waals surface area contributed by atoms with Gasteiger partial charge in [0, 0.05) is 10.0 Å². The SMILES string of the molecule is CCc1ccccc1-c1nc2c(C)cc(Br)cc2[nH]1. The zero-order valence-corrected chi connectivity index (χ0v) is 12.6. The molecule has 3 rings (SSSR count). The van der Waals surface area contributed by atoms with Crippen LogP contribution in [0.2, 0.25) is 0 Å². The zero-order valence-electron chi connectivity index (χ0n) is 11.0. The van der Waals surface area contributed by atoms with E-state index in [0.717, 1.165) is 27.8 Å². The topological polar surface area (TPSA) is 28.7 Å². The summed E-state index contributed by atoms with van der Waals surface area (Å²) in [6.45, 7) is 4.26. The molecule has 0 aliphatic carbocycles. The lowest BCUT2D eigenvalue weighted by Gasteiger charge is -2.03. The maximum atomic E-state index is 4.76. The van der Waals surface area contributed by atoms with Gasteiger partial charge in [-0.1, -0.05) is 47.1 Å². The highest BCUT2D eigenvalue weighted by atomic mass is 79.9. The molecule has 0 aliphatic heterocycles. The molecule has 3 aromatic rings. The normalized spacial score (nSPS) is 11.1. The maximum Gasteiger partial charge on any atom is 0.138 e. The predicted molar refractivity (Wildman–Crippen MR) is 83.3 cm³/mol. The largest absolute Gasteiger partial charge is 0.338 e. The number of hydrogen-bond donors (Lipinski definition) is 1. The number of benzene rings is 2. The van der Waals surface area contributed by atoms with Crippen LogP contribution in [0.1, 0.15) is 18.1 Å². The summed E-state index contributed by atoms with van der Waals surface area (Å²) in [7, 11) is 0. The number of hydrogen-bond acceptors (Lipinski definition) is 1. The molecule has 0 amide bonds. The number of aromatic nitrogens is 2. The van der Waals surface area contributed by atoms with Gasteiger partial charge < -0.3 is 4.98 Å². The Morgan fingerprint density at radius 3 is 2.79 bits per heavy atom. The third-order valence-electron chi connectivity index (χ3n) is 3.40. The molecule has 1 N–H and O–H groups in total. The van der Waals surface area contributed by atoms with E-state index in [2.05, 4.69) is 71.2 Å². The first kappa shape index (κ1) is 12.4. The Balaban J connectivity index is 2.23. The molecule has 2 nitrogen and oxygen atoms in total. The number of nitrogens with one attached hydrogen (secondary N) is 1. The van der Waals surface area contributed by atoms with E-state index in [-0.39, 0.29) is 0 Å². The van der Waals surface area contributed by atoms with Gasteiger partial charge in [0.05, 0.1) is 11.0 Å². The molecule has 2 aromatic carbocycles. The van der Waals surface area contributed by atoms with Gasteiger partial charge in [0.2, 0.25) is 0 Å². The minimum Gasteiger partial charge on any atom is -0.338 e. The van der Waals surface area contributed by atoms with Crippen molar-refractivity contribution in [3.05, 3.63) is 52.0 Å². The number of H-pyrrole nitrogens is 1. The summed E-state index contributed by atoms with van der Waals surface area (Å²) in [5, 5.41) is 0. The van der Waals surface area contributed by atoms with Gasteiger partial charge in [0.15, 0.2) is 0 Å². The minimum atomic E-state index is 0.952. The molecule has 0 unspecified atom stereocenters. The third-order valence-corrected chi connectivity index (χ3v) is 3.85. The van der Waals surface area contributed by atoms with E-state index in [0.29, 0.717) is 0 Å². The summed E-state index contributed by atoms with van der Waals surface area (Å²) in [6.07, 6.45) is 1.01. The Labute approximate surface area is 121 Å². The molecule has 1 aromatic heterocycles. The highest BCUT2D eigenvalue weighted by molar-refractivity contribution is 9.10. The molecule has 0 fully saturated rings. The molecular weight excluding hydrogens is 300 g/mol. The van der Waals surface area contributed by atoms with Crippen molar-refractivity contribution in [3.8, 4) is 11.4 Å². The lowest BCUT2D eigenvalue weighted by molar-refractivity contribution is 1.13. The number of aromatic amines is 1. The number of imidazole rings is 1. The van der Waals surface area contributed by atoms with Gasteiger partial charge >= 0.3 is 0 Å².